The van der Waals surface area contributed by atoms with Crippen LogP contribution < -0.4 is 5.32 Å². The van der Waals surface area contributed by atoms with E-state index in [0.29, 0.717) is 23.7 Å². The van der Waals surface area contributed by atoms with Crippen molar-refractivity contribution in [3.05, 3.63) is 29.8 Å². The first kappa shape index (κ1) is 20.4. The number of unbranched alkanes of at least 4 members (excludes halogenated alkanes) is 1. The third-order valence-electron chi connectivity index (χ3n) is 5.71. The zero-order valence-corrected chi connectivity index (χ0v) is 16.9. The van der Waals surface area contributed by atoms with E-state index in [-0.39, 0.29) is 30.1 Å². The smallest absolute Gasteiger partial charge is 0.253 e. The number of carbonyl (C=O) groups is 3. The van der Waals surface area contributed by atoms with Gasteiger partial charge >= 0.3 is 0 Å². The number of likely N-dealkylation sites (tertiary alicyclic amines) is 2. The zero-order chi connectivity index (χ0) is 20.1. The third kappa shape index (κ3) is 4.91. The van der Waals surface area contributed by atoms with Gasteiger partial charge in [-0.05, 0) is 49.4 Å². The molecule has 152 valence electrons. The Morgan fingerprint density at radius 2 is 1.93 bits per heavy atom. The van der Waals surface area contributed by atoms with Gasteiger partial charge in [0.25, 0.3) is 5.91 Å². The lowest BCUT2D eigenvalue weighted by Gasteiger charge is -2.31. The summed E-state index contributed by atoms with van der Waals surface area (Å²) in [4.78, 5) is 40.9. The van der Waals surface area contributed by atoms with E-state index in [1.165, 1.54) is 6.42 Å². The van der Waals surface area contributed by atoms with Gasteiger partial charge in [-0.15, -0.1) is 0 Å². The molecule has 0 bridgehead atoms. The van der Waals surface area contributed by atoms with Crippen molar-refractivity contribution >= 4 is 23.4 Å². The number of rotatable bonds is 6. The van der Waals surface area contributed by atoms with E-state index in [2.05, 4.69) is 19.2 Å². The van der Waals surface area contributed by atoms with Crippen molar-refractivity contribution in [2.45, 2.75) is 46.0 Å². The Bertz CT molecular complexity index is 716. The lowest BCUT2D eigenvalue weighted by atomic mass is 9.99. The topological polar surface area (TPSA) is 69.7 Å². The number of amides is 3. The molecule has 0 spiro atoms. The Morgan fingerprint density at radius 3 is 2.61 bits per heavy atom. The molecule has 0 unspecified atom stereocenters. The maximum absolute atomic E-state index is 12.6. The summed E-state index contributed by atoms with van der Waals surface area (Å²) in [6, 6.07) is 7.07. The highest BCUT2D eigenvalue weighted by molar-refractivity contribution is 5.98. The molecule has 2 fully saturated rings. The second kappa shape index (κ2) is 9.22. The molecule has 0 saturated carbocycles. The number of anilines is 1. The molecule has 2 aliphatic heterocycles. The molecular formula is C22H31N3O3. The van der Waals surface area contributed by atoms with Gasteiger partial charge in [0.1, 0.15) is 0 Å². The molecule has 2 saturated heterocycles. The molecule has 1 N–H and O–H groups in total. The maximum Gasteiger partial charge on any atom is 0.253 e. The molecule has 2 heterocycles. The molecule has 6 nitrogen and oxygen atoms in total. The van der Waals surface area contributed by atoms with Crippen molar-refractivity contribution in [3.8, 4) is 0 Å². The summed E-state index contributed by atoms with van der Waals surface area (Å²) in [6.45, 7) is 7.10. The highest BCUT2D eigenvalue weighted by Crippen LogP contribution is 2.22. The molecule has 0 aromatic heterocycles. The van der Waals surface area contributed by atoms with Gasteiger partial charge in [0, 0.05) is 43.9 Å². The van der Waals surface area contributed by atoms with E-state index in [9.17, 15) is 14.4 Å². The van der Waals surface area contributed by atoms with E-state index in [1.54, 1.807) is 29.2 Å². The fourth-order valence-corrected chi connectivity index (χ4v) is 4.01. The largest absolute Gasteiger partial charge is 0.342 e. The Balaban J connectivity index is 1.55. The van der Waals surface area contributed by atoms with Crippen molar-refractivity contribution in [3.63, 3.8) is 0 Å². The van der Waals surface area contributed by atoms with E-state index >= 15 is 0 Å². The van der Waals surface area contributed by atoms with Crippen LogP contribution in [-0.4, -0.2) is 53.7 Å². The van der Waals surface area contributed by atoms with Gasteiger partial charge in [0.15, 0.2) is 0 Å². The lowest BCUT2D eigenvalue weighted by Crippen LogP contribution is -2.39. The SMILES string of the molecule is CCCCN1C[C@H](C(=O)Nc2ccc(C(=O)N3CCC[C@H](C)C3)cc2)CC1=O. The summed E-state index contributed by atoms with van der Waals surface area (Å²) in [6.07, 6.45) is 4.50. The monoisotopic (exact) mass is 385 g/mol. The van der Waals surface area contributed by atoms with Gasteiger partial charge in [0.05, 0.1) is 5.92 Å². The van der Waals surface area contributed by atoms with E-state index in [0.717, 1.165) is 38.9 Å². The van der Waals surface area contributed by atoms with Crippen LogP contribution in [0.2, 0.25) is 0 Å². The molecule has 3 rings (SSSR count). The van der Waals surface area contributed by atoms with Crippen molar-refractivity contribution < 1.29 is 14.4 Å². The highest BCUT2D eigenvalue weighted by Gasteiger charge is 2.33. The lowest BCUT2D eigenvalue weighted by molar-refractivity contribution is -0.128. The fourth-order valence-electron chi connectivity index (χ4n) is 4.01. The van der Waals surface area contributed by atoms with Crippen LogP contribution in [0.15, 0.2) is 24.3 Å². The molecular weight excluding hydrogens is 354 g/mol. The van der Waals surface area contributed by atoms with E-state index < -0.39 is 0 Å². The van der Waals surface area contributed by atoms with Crippen LogP contribution in [0.1, 0.15) is 56.3 Å². The summed E-state index contributed by atoms with van der Waals surface area (Å²) in [5, 5.41) is 2.89. The Hall–Kier alpha value is -2.37. The van der Waals surface area contributed by atoms with Crippen LogP contribution in [0, 0.1) is 11.8 Å². The first-order valence-corrected chi connectivity index (χ1v) is 10.5. The molecule has 6 heteroatoms. The van der Waals surface area contributed by atoms with Gasteiger partial charge in [0.2, 0.25) is 11.8 Å². The first-order chi connectivity index (χ1) is 13.5. The quantitative estimate of drug-likeness (QED) is 0.818. The van der Waals surface area contributed by atoms with Gasteiger partial charge in [-0.2, -0.15) is 0 Å². The number of hydrogen-bond donors (Lipinski definition) is 1. The Labute approximate surface area is 167 Å². The zero-order valence-electron chi connectivity index (χ0n) is 16.9. The highest BCUT2D eigenvalue weighted by atomic mass is 16.2. The second-order valence-electron chi connectivity index (χ2n) is 8.16. The summed E-state index contributed by atoms with van der Waals surface area (Å²) in [5.41, 5.74) is 1.31. The Kier molecular flexibility index (Phi) is 6.70. The van der Waals surface area contributed by atoms with Crippen molar-refractivity contribution in [1.82, 2.24) is 9.80 Å². The van der Waals surface area contributed by atoms with Crippen molar-refractivity contribution in [1.29, 1.82) is 0 Å². The normalized spacial score (nSPS) is 22.4. The van der Waals surface area contributed by atoms with E-state index in [4.69, 9.17) is 0 Å². The Morgan fingerprint density at radius 1 is 1.18 bits per heavy atom. The number of carbonyl (C=O) groups excluding carboxylic acids is 3. The molecule has 0 aliphatic carbocycles. The van der Waals surface area contributed by atoms with E-state index in [1.807, 2.05) is 4.90 Å². The predicted octanol–water partition coefficient (Wildman–Crippen LogP) is 3.15. The van der Waals surface area contributed by atoms with Crippen LogP contribution in [0.4, 0.5) is 5.69 Å². The number of nitrogens with zero attached hydrogens (tertiary/aromatic N) is 2. The van der Waals surface area contributed by atoms with Crippen molar-refractivity contribution in [2.24, 2.45) is 11.8 Å². The van der Waals surface area contributed by atoms with Gasteiger partial charge in [-0.3, -0.25) is 14.4 Å². The number of benzene rings is 1. The molecule has 2 atom stereocenters. The van der Waals surface area contributed by atoms with Crippen LogP contribution >= 0.6 is 0 Å². The van der Waals surface area contributed by atoms with Gasteiger partial charge < -0.3 is 15.1 Å². The molecule has 28 heavy (non-hydrogen) atoms. The van der Waals surface area contributed by atoms with Crippen LogP contribution in [0.3, 0.4) is 0 Å². The minimum atomic E-state index is -0.305. The van der Waals surface area contributed by atoms with Crippen LogP contribution in [-0.2, 0) is 9.59 Å². The van der Waals surface area contributed by atoms with Gasteiger partial charge in [-0.1, -0.05) is 20.3 Å². The van der Waals surface area contributed by atoms with Crippen LogP contribution in [0.25, 0.3) is 0 Å². The predicted molar refractivity (Wildman–Crippen MR) is 109 cm³/mol. The minimum absolute atomic E-state index is 0.0531. The number of piperidine rings is 1. The average Bonchev–Trinajstić information content (AvgIpc) is 3.07. The first-order valence-electron chi connectivity index (χ1n) is 10.5. The fraction of sp³-hybridized carbons (Fsp3) is 0.591. The van der Waals surface area contributed by atoms with Crippen molar-refractivity contribution in [2.75, 3.05) is 31.5 Å². The maximum atomic E-state index is 12.6. The second-order valence-corrected chi connectivity index (χ2v) is 8.16. The molecule has 3 amide bonds. The summed E-state index contributed by atoms with van der Waals surface area (Å²) < 4.78 is 0. The summed E-state index contributed by atoms with van der Waals surface area (Å²) in [5.74, 6) is 0.224. The molecule has 1 aromatic carbocycles. The molecule has 1 aromatic rings. The van der Waals surface area contributed by atoms with Gasteiger partial charge in [-0.25, -0.2) is 0 Å². The number of nitrogens with one attached hydrogen (secondary N) is 1. The minimum Gasteiger partial charge on any atom is -0.342 e. The standard InChI is InChI=1S/C22H31N3O3/c1-3-4-11-24-15-18(13-20(24)26)21(27)23-19-9-7-17(8-10-19)22(28)25-12-5-6-16(2)14-25/h7-10,16,18H,3-6,11-15H2,1-2H3,(H,23,27)/t16-,18+/m0/s1. The summed E-state index contributed by atoms with van der Waals surface area (Å²) in [7, 11) is 0. The summed E-state index contributed by atoms with van der Waals surface area (Å²) >= 11 is 0. The van der Waals surface area contributed by atoms with Crippen LogP contribution in [0.5, 0.6) is 0 Å². The molecule has 0 radical (unpaired) electrons. The molecule has 2 aliphatic rings. The number of hydrogen-bond acceptors (Lipinski definition) is 3. The third-order valence-corrected chi connectivity index (χ3v) is 5.71. The average molecular weight is 386 g/mol.